The number of nitrogens with one attached hydrogen (secondary N) is 3. The van der Waals surface area contributed by atoms with E-state index in [1.54, 1.807) is 52.3 Å². The van der Waals surface area contributed by atoms with Crippen molar-refractivity contribution in [2.24, 2.45) is 5.92 Å². The number of amides is 4. The lowest BCUT2D eigenvalue weighted by atomic mass is 10.1. The second-order valence-electron chi connectivity index (χ2n) is 14.5. The molecule has 1 aromatic heterocycles. The van der Waals surface area contributed by atoms with Gasteiger partial charge in [-0.1, -0.05) is 12.2 Å². The number of ether oxygens (including phenoxy) is 4. The minimum atomic E-state index is -3.90. The highest BCUT2D eigenvalue weighted by Crippen LogP contribution is 2.46. The molecule has 1 aromatic carbocycles. The number of benzene rings is 1. The molecule has 3 fully saturated rings. The second-order valence-corrected chi connectivity index (χ2v) is 16.4. The van der Waals surface area contributed by atoms with Gasteiger partial charge in [0.15, 0.2) is 0 Å². The van der Waals surface area contributed by atoms with Crippen molar-refractivity contribution in [2.45, 2.75) is 93.9 Å². The molecule has 276 valence electrons. The number of allylic oxidation sites excluding steroid dienone is 1. The number of alkyl carbamates (subject to hydrolysis) is 1. The fraction of sp³-hybridized carbons (Fsp3) is 0.571. The van der Waals surface area contributed by atoms with Gasteiger partial charge in [0.25, 0.3) is 5.91 Å². The van der Waals surface area contributed by atoms with Crippen molar-refractivity contribution in [1.82, 2.24) is 25.2 Å². The van der Waals surface area contributed by atoms with Gasteiger partial charge in [-0.05, 0) is 82.5 Å². The van der Waals surface area contributed by atoms with E-state index in [1.807, 2.05) is 18.2 Å². The van der Waals surface area contributed by atoms with E-state index < -0.39 is 74.3 Å². The summed E-state index contributed by atoms with van der Waals surface area (Å²) in [7, 11) is -2.33. The third kappa shape index (κ3) is 8.38. The number of carbonyl (C=O) groups is 4. The molecule has 0 radical (unpaired) electrons. The van der Waals surface area contributed by atoms with Crippen molar-refractivity contribution in [3.63, 3.8) is 0 Å². The fourth-order valence-electron chi connectivity index (χ4n) is 6.44. The Morgan fingerprint density at radius 3 is 2.67 bits per heavy atom. The van der Waals surface area contributed by atoms with Crippen LogP contribution in [0, 0.1) is 5.92 Å². The lowest BCUT2D eigenvalue weighted by Gasteiger charge is -2.30. The molecular weight excluding hydrogens is 682 g/mol. The molecule has 0 unspecified atom stereocenters. The van der Waals surface area contributed by atoms with Crippen LogP contribution >= 0.6 is 0 Å². The Hall–Kier alpha value is -4.44. The first-order chi connectivity index (χ1) is 24.2. The Balaban J connectivity index is 1.30. The lowest BCUT2D eigenvalue weighted by Crippen LogP contribution is -2.59. The standard InChI is InChI=1S/C35H45N5O10S/c1-34(2,3)50-33(44)37-27-20-48-15-7-5-6-8-22-18-35(22,32(43)39-51(45,46)25-10-11-25)38-29(41)28-17-24(19-40(28)31(27)42)49-30-26-12-9-23(47-4)16-21(26)13-14-36-30/h6,8-9,12-14,16,22,24-25,27-28H,5,7,10-11,15,17-20H2,1-4H3,(H,37,44)(H,38,41)(H,39,43)/b8-6-/t22-,24-,27+,28+,35-/m1/s1. The third-order valence-electron chi connectivity index (χ3n) is 9.33. The molecule has 3 N–H and O–H groups in total. The minimum Gasteiger partial charge on any atom is -0.497 e. The van der Waals surface area contributed by atoms with Gasteiger partial charge in [-0.3, -0.25) is 19.1 Å². The average molecular weight is 728 g/mol. The van der Waals surface area contributed by atoms with Gasteiger partial charge in [-0.25, -0.2) is 18.2 Å². The molecule has 0 bridgehead atoms. The highest BCUT2D eigenvalue weighted by Gasteiger charge is 2.62. The Kier molecular flexibility index (Phi) is 10.2. The van der Waals surface area contributed by atoms with Gasteiger partial charge in [-0.2, -0.15) is 0 Å². The predicted molar refractivity (Wildman–Crippen MR) is 184 cm³/mol. The van der Waals surface area contributed by atoms with E-state index in [-0.39, 0.29) is 38.5 Å². The fourth-order valence-corrected chi connectivity index (χ4v) is 7.80. The van der Waals surface area contributed by atoms with Crippen LogP contribution < -0.4 is 24.8 Å². The van der Waals surface area contributed by atoms with Gasteiger partial charge in [0.2, 0.25) is 27.7 Å². The van der Waals surface area contributed by atoms with E-state index in [4.69, 9.17) is 18.9 Å². The number of aromatic nitrogens is 1. The maximum Gasteiger partial charge on any atom is 0.408 e. The zero-order valence-electron chi connectivity index (χ0n) is 29.2. The number of pyridine rings is 1. The maximum absolute atomic E-state index is 14.3. The number of rotatable bonds is 7. The first kappa shape index (κ1) is 36.4. The molecular formula is C35H45N5O10S. The number of methoxy groups -OCH3 is 1. The largest absolute Gasteiger partial charge is 0.497 e. The van der Waals surface area contributed by atoms with Crippen molar-refractivity contribution in [3.05, 3.63) is 42.6 Å². The number of fused-ring (bicyclic) bond motifs is 3. The number of hydrogen-bond donors (Lipinski definition) is 3. The molecule has 15 nitrogen and oxygen atoms in total. The van der Waals surface area contributed by atoms with Gasteiger partial charge in [0.05, 0.1) is 25.5 Å². The highest BCUT2D eigenvalue weighted by molar-refractivity contribution is 7.91. The van der Waals surface area contributed by atoms with Crippen molar-refractivity contribution < 1.29 is 46.5 Å². The van der Waals surface area contributed by atoms with Crippen LogP contribution in [0.1, 0.15) is 59.3 Å². The van der Waals surface area contributed by atoms with E-state index in [2.05, 4.69) is 20.3 Å². The monoisotopic (exact) mass is 727 g/mol. The van der Waals surface area contributed by atoms with Crippen molar-refractivity contribution >= 4 is 44.6 Å². The number of carbonyl (C=O) groups excluding carboxylic acids is 4. The Morgan fingerprint density at radius 2 is 1.94 bits per heavy atom. The molecule has 5 atom stereocenters. The van der Waals surface area contributed by atoms with Gasteiger partial charge in [0, 0.05) is 30.5 Å². The predicted octanol–water partition coefficient (Wildman–Crippen LogP) is 2.33. The molecule has 6 rings (SSSR count). The normalized spacial score (nSPS) is 27.9. The molecule has 0 spiro atoms. The van der Waals surface area contributed by atoms with Crippen molar-refractivity contribution in [2.75, 3.05) is 26.9 Å². The number of nitrogens with zero attached hydrogens (tertiary/aromatic N) is 2. The first-order valence-electron chi connectivity index (χ1n) is 17.2. The summed E-state index contributed by atoms with van der Waals surface area (Å²) in [6, 6.07) is 4.85. The van der Waals surface area contributed by atoms with Crippen LogP contribution in [0.15, 0.2) is 42.6 Å². The Bertz CT molecular complexity index is 1820. The molecule has 4 aliphatic rings. The third-order valence-corrected chi connectivity index (χ3v) is 11.1. The van der Waals surface area contributed by atoms with Crippen molar-refractivity contribution in [3.8, 4) is 11.6 Å². The van der Waals surface area contributed by atoms with E-state index in [0.29, 0.717) is 36.8 Å². The summed E-state index contributed by atoms with van der Waals surface area (Å²) in [6.07, 6.45) is 5.98. The molecule has 2 aliphatic carbocycles. The van der Waals surface area contributed by atoms with Gasteiger partial charge >= 0.3 is 6.09 Å². The van der Waals surface area contributed by atoms with Crippen LogP contribution in [-0.4, -0.2) is 104 Å². The molecule has 2 aliphatic heterocycles. The van der Waals surface area contributed by atoms with Crippen LogP contribution in [-0.2, 0) is 33.9 Å². The minimum absolute atomic E-state index is 0.0182. The Labute approximate surface area is 296 Å². The Morgan fingerprint density at radius 1 is 1.16 bits per heavy atom. The van der Waals surface area contributed by atoms with Gasteiger partial charge < -0.3 is 34.5 Å². The molecule has 4 amide bonds. The second kappa shape index (κ2) is 14.3. The van der Waals surface area contributed by atoms with Crippen LogP contribution in [0.3, 0.4) is 0 Å². The topological polar surface area (TPSA) is 192 Å². The molecule has 3 heterocycles. The van der Waals surface area contributed by atoms with Crippen LogP contribution in [0.4, 0.5) is 4.79 Å². The van der Waals surface area contributed by atoms with E-state index in [9.17, 15) is 27.6 Å². The summed E-state index contributed by atoms with van der Waals surface area (Å²) in [5.41, 5.74) is -2.36. The molecule has 1 saturated heterocycles. The van der Waals surface area contributed by atoms with E-state index in [1.165, 1.54) is 4.90 Å². The summed E-state index contributed by atoms with van der Waals surface area (Å²) in [4.78, 5) is 60.8. The molecule has 51 heavy (non-hydrogen) atoms. The summed E-state index contributed by atoms with van der Waals surface area (Å²) < 4.78 is 50.7. The lowest BCUT2D eigenvalue weighted by molar-refractivity contribution is -0.142. The number of sulfonamides is 1. The van der Waals surface area contributed by atoms with Gasteiger partial charge in [-0.15, -0.1) is 0 Å². The summed E-state index contributed by atoms with van der Waals surface area (Å²) in [5.74, 6) is -1.61. The molecule has 2 saturated carbocycles. The highest BCUT2D eigenvalue weighted by atomic mass is 32.2. The van der Waals surface area contributed by atoms with E-state index in [0.717, 1.165) is 5.39 Å². The summed E-state index contributed by atoms with van der Waals surface area (Å²) in [5, 5.41) is 6.31. The van der Waals surface area contributed by atoms with Crippen LogP contribution in [0.5, 0.6) is 11.6 Å². The average Bonchev–Trinajstić information content (AvgIpc) is 3.99. The summed E-state index contributed by atoms with van der Waals surface area (Å²) in [6.45, 7) is 5.12. The summed E-state index contributed by atoms with van der Waals surface area (Å²) >= 11 is 0. The SMILES string of the molecule is COc1ccc2c(O[C@@H]3C[C@H]4C(=O)N[C@]5(C(=O)NS(=O)(=O)C6CC6)C[C@H]5/C=C\CCCOC[C@H](NC(=O)OC(C)(C)C)C(=O)N4C3)nccc2c1. The van der Waals surface area contributed by atoms with E-state index >= 15 is 0 Å². The van der Waals surface area contributed by atoms with Crippen LogP contribution in [0.25, 0.3) is 10.8 Å². The van der Waals surface area contributed by atoms with Crippen LogP contribution in [0.2, 0.25) is 0 Å². The maximum atomic E-state index is 14.3. The zero-order chi connectivity index (χ0) is 36.6. The molecule has 16 heteroatoms. The quantitative estimate of drug-likeness (QED) is 0.355. The molecule has 2 aromatic rings. The number of hydrogen-bond acceptors (Lipinski definition) is 11. The van der Waals surface area contributed by atoms with Crippen molar-refractivity contribution in [1.29, 1.82) is 0 Å². The zero-order valence-corrected chi connectivity index (χ0v) is 30.0. The van der Waals surface area contributed by atoms with Gasteiger partial charge in [0.1, 0.15) is 35.1 Å². The first-order valence-corrected chi connectivity index (χ1v) is 18.8. The smallest absolute Gasteiger partial charge is 0.408 e.